The monoisotopic (exact) mass is 271 g/mol. The lowest BCUT2D eigenvalue weighted by atomic mass is 9.91. The third-order valence-corrected chi connectivity index (χ3v) is 3.48. The molecule has 0 bridgehead atoms. The largest absolute Gasteiger partial charge is 0.497 e. The molecule has 0 amide bonds. The summed E-state index contributed by atoms with van der Waals surface area (Å²) in [6.07, 6.45) is 0. The molecule has 4 nitrogen and oxygen atoms in total. The van der Waals surface area contributed by atoms with Crippen LogP contribution < -0.4 is 15.2 Å². The quantitative estimate of drug-likeness (QED) is 0.868. The van der Waals surface area contributed by atoms with E-state index >= 15 is 0 Å². The molecule has 2 aromatic rings. The third kappa shape index (κ3) is 2.30. The van der Waals surface area contributed by atoms with Gasteiger partial charge in [-0.05, 0) is 36.4 Å². The van der Waals surface area contributed by atoms with E-state index in [2.05, 4.69) is 0 Å². The highest BCUT2D eigenvalue weighted by Crippen LogP contribution is 2.36. The molecule has 0 aliphatic carbocycles. The van der Waals surface area contributed by atoms with Crippen molar-refractivity contribution in [2.45, 2.75) is 5.60 Å². The van der Waals surface area contributed by atoms with Crippen molar-refractivity contribution in [3.05, 3.63) is 54.1 Å². The second kappa shape index (κ2) is 5.06. The summed E-state index contributed by atoms with van der Waals surface area (Å²) in [5, 5.41) is 0. The molecule has 0 spiro atoms. The van der Waals surface area contributed by atoms with Crippen LogP contribution in [0, 0.1) is 0 Å². The summed E-state index contributed by atoms with van der Waals surface area (Å²) in [6, 6.07) is 15.3. The number of rotatable bonds is 4. The van der Waals surface area contributed by atoms with Gasteiger partial charge in [0.1, 0.15) is 11.5 Å². The van der Waals surface area contributed by atoms with Gasteiger partial charge in [-0.15, -0.1) is 0 Å². The van der Waals surface area contributed by atoms with Crippen molar-refractivity contribution in [3.63, 3.8) is 0 Å². The van der Waals surface area contributed by atoms with Gasteiger partial charge in [0.05, 0.1) is 20.3 Å². The molecule has 4 heteroatoms. The number of ether oxygens (including phenoxy) is 3. The van der Waals surface area contributed by atoms with Gasteiger partial charge >= 0.3 is 0 Å². The van der Waals surface area contributed by atoms with Crippen molar-refractivity contribution in [2.75, 3.05) is 26.1 Å². The normalized spacial score (nSPS) is 16.2. The van der Waals surface area contributed by atoms with Crippen LogP contribution in [0.4, 0.5) is 5.69 Å². The van der Waals surface area contributed by atoms with Crippen LogP contribution in [0.5, 0.6) is 11.5 Å². The van der Waals surface area contributed by atoms with E-state index in [4.69, 9.17) is 19.9 Å². The fraction of sp³-hybridized carbons (Fsp3) is 0.250. The maximum Gasteiger partial charge on any atom is 0.180 e. The van der Waals surface area contributed by atoms with Crippen LogP contribution in [0.3, 0.4) is 0 Å². The number of anilines is 1. The summed E-state index contributed by atoms with van der Waals surface area (Å²) in [6.45, 7) is 1.09. The predicted molar refractivity (Wildman–Crippen MR) is 77.0 cm³/mol. The van der Waals surface area contributed by atoms with Gasteiger partial charge in [0.25, 0.3) is 0 Å². The van der Waals surface area contributed by atoms with Gasteiger partial charge in [-0.25, -0.2) is 0 Å². The molecule has 20 heavy (non-hydrogen) atoms. The summed E-state index contributed by atoms with van der Waals surface area (Å²) < 4.78 is 16.7. The molecule has 0 radical (unpaired) electrons. The van der Waals surface area contributed by atoms with E-state index in [1.165, 1.54) is 0 Å². The Hall–Kier alpha value is -2.20. The maximum absolute atomic E-state index is 6.13. The minimum atomic E-state index is -0.414. The smallest absolute Gasteiger partial charge is 0.180 e. The van der Waals surface area contributed by atoms with Crippen molar-refractivity contribution in [1.82, 2.24) is 0 Å². The summed E-state index contributed by atoms with van der Waals surface area (Å²) in [5.74, 6) is 1.62. The summed E-state index contributed by atoms with van der Waals surface area (Å²) in [4.78, 5) is 0. The molecule has 2 N–H and O–H groups in total. The molecule has 0 unspecified atom stereocenters. The van der Waals surface area contributed by atoms with E-state index in [0.717, 1.165) is 22.7 Å². The number of methoxy groups -OCH3 is 1. The molecule has 1 heterocycles. The standard InChI is InChI=1S/C16H17NO3/c1-18-14-6-2-12(3-7-14)16(10-19-11-16)20-15-8-4-13(17)5-9-15/h2-9H,10-11,17H2,1H3. The van der Waals surface area contributed by atoms with E-state index < -0.39 is 5.60 Å². The zero-order chi connectivity index (χ0) is 14.0. The average Bonchev–Trinajstić information content (AvgIpc) is 2.45. The van der Waals surface area contributed by atoms with Crippen molar-refractivity contribution in [2.24, 2.45) is 0 Å². The number of hydrogen-bond acceptors (Lipinski definition) is 4. The van der Waals surface area contributed by atoms with Gasteiger partial charge in [-0.1, -0.05) is 12.1 Å². The Balaban J connectivity index is 1.84. The zero-order valence-corrected chi connectivity index (χ0v) is 11.3. The Morgan fingerprint density at radius 3 is 2.05 bits per heavy atom. The van der Waals surface area contributed by atoms with Crippen molar-refractivity contribution in [1.29, 1.82) is 0 Å². The molecule has 1 aliphatic heterocycles. The van der Waals surface area contributed by atoms with Crippen LogP contribution in [0.25, 0.3) is 0 Å². The molecule has 0 atom stereocenters. The van der Waals surface area contributed by atoms with Crippen molar-refractivity contribution < 1.29 is 14.2 Å². The molecule has 0 saturated carbocycles. The minimum Gasteiger partial charge on any atom is -0.497 e. The predicted octanol–water partition coefficient (Wildman–Crippen LogP) is 2.58. The van der Waals surface area contributed by atoms with Gasteiger partial charge in [0.2, 0.25) is 0 Å². The molecule has 1 fully saturated rings. The highest BCUT2D eigenvalue weighted by atomic mass is 16.6. The van der Waals surface area contributed by atoms with Gasteiger partial charge in [0.15, 0.2) is 5.60 Å². The topological polar surface area (TPSA) is 53.7 Å². The number of hydrogen-bond donors (Lipinski definition) is 1. The van der Waals surface area contributed by atoms with E-state index in [1.54, 1.807) is 7.11 Å². The Labute approximate surface area is 118 Å². The van der Waals surface area contributed by atoms with E-state index in [-0.39, 0.29) is 0 Å². The molecular weight excluding hydrogens is 254 g/mol. The second-order valence-electron chi connectivity index (χ2n) is 4.89. The maximum atomic E-state index is 6.13. The van der Waals surface area contributed by atoms with Gasteiger partial charge in [-0.2, -0.15) is 0 Å². The third-order valence-electron chi connectivity index (χ3n) is 3.48. The molecule has 0 aromatic heterocycles. The number of nitrogens with two attached hydrogens (primary N) is 1. The lowest BCUT2D eigenvalue weighted by molar-refractivity contribution is -0.167. The van der Waals surface area contributed by atoms with Crippen molar-refractivity contribution >= 4 is 5.69 Å². The SMILES string of the molecule is COc1ccc(C2(Oc3ccc(N)cc3)COC2)cc1. The molecule has 3 rings (SSSR count). The van der Waals surface area contributed by atoms with Crippen LogP contribution in [-0.4, -0.2) is 20.3 Å². The first-order valence-corrected chi connectivity index (χ1v) is 6.49. The zero-order valence-electron chi connectivity index (χ0n) is 11.3. The lowest BCUT2D eigenvalue weighted by Crippen LogP contribution is -2.51. The van der Waals surface area contributed by atoms with Crippen molar-refractivity contribution in [3.8, 4) is 11.5 Å². The average molecular weight is 271 g/mol. The fourth-order valence-corrected chi connectivity index (χ4v) is 2.23. The van der Waals surface area contributed by atoms with Gasteiger partial charge < -0.3 is 19.9 Å². The van der Waals surface area contributed by atoms with E-state index in [9.17, 15) is 0 Å². The summed E-state index contributed by atoms with van der Waals surface area (Å²) in [7, 11) is 1.65. The first kappa shape index (κ1) is 12.8. The molecular formula is C16H17NO3. The highest BCUT2D eigenvalue weighted by Gasteiger charge is 2.43. The van der Waals surface area contributed by atoms with Crippen LogP contribution in [0.15, 0.2) is 48.5 Å². The second-order valence-corrected chi connectivity index (χ2v) is 4.89. The number of benzene rings is 2. The summed E-state index contributed by atoms with van der Waals surface area (Å²) >= 11 is 0. The number of nitrogen functional groups attached to an aromatic ring is 1. The van der Waals surface area contributed by atoms with E-state index in [0.29, 0.717) is 13.2 Å². The van der Waals surface area contributed by atoms with E-state index in [1.807, 2.05) is 48.5 Å². The Morgan fingerprint density at radius 2 is 1.55 bits per heavy atom. The molecule has 1 saturated heterocycles. The Bertz CT molecular complexity index is 574. The highest BCUT2D eigenvalue weighted by molar-refractivity contribution is 5.42. The summed E-state index contributed by atoms with van der Waals surface area (Å²) in [5.41, 5.74) is 7.08. The van der Waals surface area contributed by atoms with Crippen LogP contribution in [-0.2, 0) is 10.3 Å². The molecule has 104 valence electrons. The molecule has 2 aromatic carbocycles. The first-order chi connectivity index (χ1) is 9.72. The Morgan fingerprint density at radius 1 is 0.950 bits per heavy atom. The van der Waals surface area contributed by atoms with Crippen LogP contribution >= 0.6 is 0 Å². The fourth-order valence-electron chi connectivity index (χ4n) is 2.23. The lowest BCUT2D eigenvalue weighted by Gasteiger charge is -2.41. The van der Waals surface area contributed by atoms with Crippen LogP contribution in [0.1, 0.15) is 5.56 Å². The first-order valence-electron chi connectivity index (χ1n) is 6.49. The van der Waals surface area contributed by atoms with Gasteiger partial charge in [0, 0.05) is 11.3 Å². The van der Waals surface area contributed by atoms with Gasteiger partial charge in [-0.3, -0.25) is 0 Å². The van der Waals surface area contributed by atoms with Crippen LogP contribution in [0.2, 0.25) is 0 Å². The molecule has 1 aliphatic rings. The Kier molecular flexibility index (Phi) is 3.24. The minimum absolute atomic E-state index is 0.414.